The Morgan fingerprint density at radius 3 is 2.56 bits per heavy atom. The summed E-state index contributed by atoms with van der Waals surface area (Å²) in [5, 5.41) is 0. The van der Waals surface area contributed by atoms with Crippen LogP contribution in [0.1, 0.15) is 45.6 Å². The lowest BCUT2D eigenvalue weighted by Crippen LogP contribution is -2.41. The van der Waals surface area contributed by atoms with Crippen LogP contribution in [-0.4, -0.2) is 30.8 Å². The molecule has 0 aliphatic carbocycles. The lowest BCUT2D eigenvalue weighted by atomic mass is 9.87. The van der Waals surface area contributed by atoms with E-state index in [-0.39, 0.29) is 30.6 Å². The topological polar surface area (TPSA) is 61.5 Å². The quantitative estimate of drug-likeness (QED) is 0.803. The molecular weight excluding hydrogens is 338 g/mol. The van der Waals surface area contributed by atoms with Crippen LogP contribution >= 0.6 is 12.4 Å². The number of hydrogen-bond donors (Lipinski definition) is 1. The largest absolute Gasteiger partial charge is 0.459 e. The molecule has 0 unspecified atom stereocenters. The van der Waals surface area contributed by atoms with E-state index in [2.05, 4.69) is 38.1 Å². The van der Waals surface area contributed by atoms with Gasteiger partial charge in [-0.3, -0.25) is 4.79 Å². The first-order valence-corrected chi connectivity index (χ1v) is 9.09. The van der Waals surface area contributed by atoms with E-state index in [4.69, 9.17) is 15.2 Å². The number of halogens is 1. The van der Waals surface area contributed by atoms with E-state index in [1.165, 1.54) is 5.56 Å². The molecule has 0 bridgehead atoms. The second-order valence-corrected chi connectivity index (χ2v) is 7.32. The van der Waals surface area contributed by atoms with Crippen molar-refractivity contribution < 1.29 is 14.3 Å². The molecule has 1 aliphatic rings. The van der Waals surface area contributed by atoms with Crippen LogP contribution in [0.15, 0.2) is 30.3 Å². The Balaban J connectivity index is 0.00000312. The van der Waals surface area contributed by atoms with Crippen molar-refractivity contribution in [3.63, 3.8) is 0 Å². The lowest BCUT2D eigenvalue weighted by molar-refractivity contribution is -0.160. The molecule has 1 aromatic rings. The second kappa shape index (κ2) is 10.8. The monoisotopic (exact) mass is 369 g/mol. The molecule has 1 aliphatic heterocycles. The second-order valence-electron chi connectivity index (χ2n) is 7.32. The third-order valence-corrected chi connectivity index (χ3v) is 4.58. The summed E-state index contributed by atoms with van der Waals surface area (Å²) >= 11 is 0. The van der Waals surface area contributed by atoms with Crippen molar-refractivity contribution in [1.82, 2.24) is 0 Å². The minimum Gasteiger partial charge on any atom is -0.459 e. The van der Waals surface area contributed by atoms with Gasteiger partial charge in [-0.2, -0.15) is 0 Å². The number of carbonyl (C=O) groups is 1. The first kappa shape index (κ1) is 21.9. The van der Waals surface area contributed by atoms with Gasteiger partial charge in [0, 0.05) is 6.61 Å². The standard InChI is InChI=1S/C20H31NO3.ClH/c1-14(2)13-23-19-15(3)24-20(22)18(21)11-7-10-17(19)12-16-8-5-4-6-9-16;/h4-6,8-9,14-15,17-19H,7,10-13,21H2,1-3H3;1H/t15-,17+,18-,19-;/m0./s1. The molecule has 2 rings (SSSR count). The number of esters is 1. The Bertz CT molecular complexity index is 509. The zero-order valence-electron chi connectivity index (χ0n) is 15.5. The summed E-state index contributed by atoms with van der Waals surface area (Å²) in [5.41, 5.74) is 7.22. The van der Waals surface area contributed by atoms with Crippen molar-refractivity contribution in [2.75, 3.05) is 6.61 Å². The molecule has 0 aromatic heterocycles. The average Bonchev–Trinajstić information content (AvgIpc) is 2.58. The molecule has 0 spiro atoms. The lowest BCUT2D eigenvalue weighted by Gasteiger charge is -2.32. The highest BCUT2D eigenvalue weighted by Gasteiger charge is 2.33. The summed E-state index contributed by atoms with van der Waals surface area (Å²) in [6, 6.07) is 9.93. The summed E-state index contributed by atoms with van der Waals surface area (Å²) < 4.78 is 11.8. The SMILES string of the molecule is CC(C)CO[C@@H]1[C@@H](Cc2ccccc2)CCC[C@H](N)C(=O)O[C@H]1C.Cl. The van der Waals surface area contributed by atoms with Crippen molar-refractivity contribution in [2.45, 2.75) is 64.7 Å². The molecule has 1 saturated heterocycles. The van der Waals surface area contributed by atoms with Crippen LogP contribution in [0.2, 0.25) is 0 Å². The molecule has 1 aromatic carbocycles. The Kier molecular flexibility index (Phi) is 9.47. The molecule has 1 fully saturated rings. The fraction of sp³-hybridized carbons (Fsp3) is 0.650. The van der Waals surface area contributed by atoms with Gasteiger partial charge in [0.05, 0.1) is 6.10 Å². The van der Waals surface area contributed by atoms with Gasteiger partial charge in [-0.15, -0.1) is 12.4 Å². The molecule has 0 amide bonds. The maximum absolute atomic E-state index is 12.1. The van der Waals surface area contributed by atoms with Crippen LogP contribution < -0.4 is 5.73 Å². The smallest absolute Gasteiger partial charge is 0.323 e. The van der Waals surface area contributed by atoms with Gasteiger partial charge in [0.15, 0.2) is 0 Å². The van der Waals surface area contributed by atoms with Gasteiger partial charge in [0.1, 0.15) is 12.1 Å². The Labute approximate surface area is 157 Å². The van der Waals surface area contributed by atoms with Crippen molar-refractivity contribution in [1.29, 1.82) is 0 Å². The third-order valence-electron chi connectivity index (χ3n) is 4.58. The van der Waals surface area contributed by atoms with E-state index < -0.39 is 6.04 Å². The zero-order valence-corrected chi connectivity index (χ0v) is 16.3. The first-order valence-electron chi connectivity index (χ1n) is 9.09. The van der Waals surface area contributed by atoms with Crippen LogP contribution in [0.5, 0.6) is 0 Å². The van der Waals surface area contributed by atoms with E-state index in [1.54, 1.807) is 0 Å². The number of hydrogen-bond acceptors (Lipinski definition) is 4. The minimum absolute atomic E-state index is 0. The number of ether oxygens (including phenoxy) is 2. The molecule has 4 atom stereocenters. The summed E-state index contributed by atoms with van der Waals surface area (Å²) in [6.07, 6.45) is 3.14. The first-order chi connectivity index (χ1) is 11.5. The molecule has 1 heterocycles. The van der Waals surface area contributed by atoms with Crippen LogP contribution in [0.4, 0.5) is 0 Å². The van der Waals surface area contributed by atoms with Crippen LogP contribution in [0.3, 0.4) is 0 Å². The van der Waals surface area contributed by atoms with E-state index >= 15 is 0 Å². The van der Waals surface area contributed by atoms with Gasteiger partial charge in [-0.1, -0.05) is 50.6 Å². The van der Waals surface area contributed by atoms with Gasteiger partial charge in [-0.25, -0.2) is 0 Å². The molecule has 142 valence electrons. The maximum Gasteiger partial charge on any atom is 0.323 e. The molecule has 2 N–H and O–H groups in total. The average molecular weight is 370 g/mol. The molecular formula is C20H32ClNO3. The molecule has 0 radical (unpaired) electrons. The van der Waals surface area contributed by atoms with E-state index in [9.17, 15) is 4.79 Å². The Morgan fingerprint density at radius 1 is 1.24 bits per heavy atom. The predicted molar refractivity (Wildman–Crippen MR) is 103 cm³/mol. The van der Waals surface area contributed by atoms with Gasteiger partial charge < -0.3 is 15.2 Å². The van der Waals surface area contributed by atoms with E-state index in [0.717, 1.165) is 19.3 Å². The van der Waals surface area contributed by atoms with Gasteiger partial charge >= 0.3 is 5.97 Å². The molecule has 25 heavy (non-hydrogen) atoms. The third kappa shape index (κ3) is 6.96. The van der Waals surface area contributed by atoms with Crippen molar-refractivity contribution >= 4 is 18.4 Å². The fourth-order valence-electron chi connectivity index (χ4n) is 3.31. The number of rotatable bonds is 5. The van der Waals surface area contributed by atoms with Crippen molar-refractivity contribution in [3.05, 3.63) is 35.9 Å². The summed E-state index contributed by atoms with van der Waals surface area (Å²) in [6.45, 7) is 6.87. The number of benzene rings is 1. The van der Waals surface area contributed by atoms with Crippen molar-refractivity contribution in [3.8, 4) is 0 Å². The summed E-state index contributed by atoms with van der Waals surface area (Å²) in [4.78, 5) is 12.1. The fourth-order valence-corrected chi connectivity index (χ4v) is 3.31. The van der Waals surface area contributed by atoms with Crippen LogP contribution in [-0.2, 0) is 20.7 Å². The zero-order chi connectivity index (χ0) is 17.5. The molecule has 0 saturated carbocycles. The maximum atomic E-state index is 12.1. The highest BCUT2D eigenvalue weighted by Crippen LogP contribution is 2.27. The van der Waals surface area contributed by atoms with Crippen molar-refractivity contribution in [2.24, 2.45) is 17.6 Å². The van der Waals surface area contributed by atoms with Gasteiger partial charge in [-0.05, 0) is 43.6 Å². The molecule has 4 nitrogen and oxygen atoms in total. The van der Waals surface area contributed by atoms with Gasteiger partial charge in [0.25, 0.3) is 0 Å². The molecule has 5 heteroatoms. The van der Waals surface area contributed by atoms with Crippen LogP contribution in [0.25, 0.3) is 0 Å². The Hall–Kier alpha value is -1.10. The number of carbonyl (C=O) groups excluding carboxylic acids is 1. The summed E-state index contributed by atoms with van der Waals surface area (Å²) in [5.74, 6) is 0.459. The summed E-state index contributed by atoms with van der Waals surface area (Å²) in [7, 11) is 0. The number of cyclic esters (lactones) is 1. The number of nitrogens with two attached hydrogens (primary N) is 1. The highest BCUT2D eigenvalue weighted by molar-refractivity contribution is 5.85. The van der Waals surface area contributed by atoms with Crippen LogP contribution in [0, 0.1) is 11.8 Å². The Morgan fingerprint density at radius 2 is 1.92 bits per heavy atom. The van der Waals surface area contributed by atoms with E-state index in [0.29, 0.717) is 24.9 Å². The van der Waals surface area contributed by atoms with Gasteiger partial charge in [0.2, 0.25) is 0 Å². The minimum atomic E-state index is -0.520. The predicted octanol–water partition coefficient (Wildman–Crippen LogP) is 3.75. The highest BCUT2D eigenvalue weighted by atomic mass is 35.5. The normalized spacial score (nSPS) is 27.6. The van der Waals surface area contributed by atoms with E-state index in [1.807, 2.05) is 13.0 Å².